The average Bonchev–Trinajstić information content (AvgIpc) is 2.51. The highest BCUT2D eigenvalue weighted by molar-refractivity contribution is 9.09. The Balaban J connectivity index is 2.83. The van der Waals surface area contributed by atoms with E-state index in [2.05, 4.69) is 19.4 Å². The molecule has 0 spiro atoms. The van der Waals surface area contributed by atoms with E-state index in [0.29, 0.717) is 0 Å². The van der Waals surface area contributed by atoms with E-state index >= 15 is 0 Å². The lowest BCUT2D eigenvalue weighted by Crippen LogP contribution is -2.08. The summed E-state index contributed by atoms with van der Waals surface area (Å²) in [7, 11) is 0. The third-order valence-electron chi connectivity index (χ3n) is 1.13. The Morgan fingerprint density at radius 3 is 2.79 bits per heavy atom. The lowest BCUT2D eigenvalue weighted by Gasteiger charge is -1.98. The quantitative estimate of drug-likeness (QED) is 0.618. The first-order valence-corrected chi connectivity index (χ1v) is 4.32. The maximum absolute atomic E-state index is 12.5. The van der Waals surface area contributed by atoms with E-state index in [4.69, 9.17) is 0 Å². The number of hydrogen-bond donors (Lipinski definition) is 0. The Morgan fingerprint density at radius 1 is 1.71 bits per heavy atom. The Hall–Kier alpha value is -1.05. The highest BCUT2D eigenvalue weighted by atomic mass is 79.9. The zero-order valence-corrected chi connectivity index (χ0v) is 8.55. The number of halogens is 3. The van der Waals surface area contributed by atoms with Crippen LogP contribution in [0, 0.1) is 0 Å². The molecule has 0 bridgehead atoms. The van der Waals surface area contributed by atoms with Gasteiger partial charge in [-0.1, -0.05) is 0 Å². The van der Waals surface area contributed by atoms with Crippen LogP contribution in [-0.2, 0) is 9.57 Å². The van der Waals surface area contributed by atoms with Crippen LogP contribution in [0.3, 0.4) is 0 Å². The maximum atomic E-state index is 12.5. The predicted octanol–water partition coefficient (Wildman–Crippen LogP) is 1.69. The first-order chi connectivity index (χ1) is 6.45. The van der Waals surface area contributed by atoms with Crippen LogP contribution >= 0.6 is 15.9 Å². The summed E-state index contributed by atoms with van der Waals surface area (Å²) >= 11 is 2.01. The second kappa shape index (κ2) is 3.99. The molecule has 0 radical (unpaired) electrons. The van der Waals surface area contributed by atoms with Gasteiger partial charge in [0.25, 0.3) is 5.82 Å². The monoisotopic (exact) mass is 270 g/mol. The number of esters is 1. The smallest absolute Gasteiger partial charge is 0.379 e. The Kier molecular flexibility index (Phi) is 3.14. The molecule has 0 saturated carbocycles. The number of hydrogen-bond acceptors (Lipinski definition) is 5. The van der Waals surface area contributed by atoms with Gasteiger partial charge < -0.3 is 9.26 Å². The van der Waals surface area contributed by atoms with Crippen molar-refractivity contribution < 1.29 is 22.8 Å². The lowest BCUT2D eigenvalue weighted by molar-refractivity contribution is 0.0507. The van der Waals surface area contributed by atoms with Crippen LogP contribution in [0.25, 0.3) is 0 Å². The van der Waals surface area contributed by atoms with Gasteiger partial charge in [0.2, 0.25) is 0 Å². The number of aromatic nitrogens is 2. The molecule has 14 heavy (non-hydrogen) atoms. The summed E-state index contributed by atoms with van der Waals surface area (Å²) in [5.41, 5.74) is 0. The van der Waals surface area contributed by atoms with Gasteiger partial charge in [0, 0.05) is 15.9 Å². The Labute approximate surface area is 85.5 Å². The van der Waals surface area contributed by atoms with Crippen molar-refractivity contribution in [3.05, 3.63) is 11.7 Å². The molecule has 0 atom stereocenters. The highest BCUT2D eigenvalue weighted by Crippen LogP contribution is 2.32. The van der Waals surface area contributed by atoms with Gasteiger partial charge in [0.1, 0.15) is 0 Å². The molecule has 0 amide bonds. The minimum Gasteiger partial charge on any atom is -0.460 e. The zero-order chi connectivity index (χ0) is 10.8. The third-order valence-corrected chi connectivity index (χ3v) is 1.47. The predicted molar refractivity (Wildman–Crippen MR) is 43.1 cm³/mol. The molecule has 0 aromatic carbocycles. The van der Waals surface area contributed by atoms with Crippen molar-refractivity contribution in [3.8, 4) is 0 Å². The molecule has 1 rings (SSSR count). The number of carbonyl (C=O) groups excluding carboxylic acids is 1. The van der Waals surface area contributed by atoms with E-state index in [0.717, 1.165) is 0 Å². The second-order valence-electron chi connectivity index (χ2n) is 2.14. The summed E-state index contributed by atoms with van der Waals surface area (Å²) in [6, 6.07) is 0. The van der Waals surface area contributed by atoms with Gasteiger partial charge in [-0.2, -0.15) is 13.8 Å². The molecular formula is C6H5BrF2N2O3. The van der Waals surface area contributed by atoms with Gasteiger partial charge in [-0.25, -0.2) is 4.79 Å². The van der Waals surface area contributed by atoms with Crippen molar-refractivity contribution in [2.75, 3.05) is 6.61 Å². The molecule has 1 heterocycles. The summed E-state index contributed by atoms with van der Waals surface area (Å²) in [6.07, 6.45) is 0. The first-order valence-electron chi connectivity index (χ1n) is 3.53. The molecule has 0 N–H and O–H groups in total. The van der Waals surface area contributed by atoms with Crippen LogP contribution in [0.2, 0.25) is 0 Å². The van der Waals surface area contributed by atoms with Crippen molar-refractivity contribution in [2.24, 2.45) is 0 Å². The van der Waals surface area contributed by atoms with Gasteiger partial charge in [-0.15, -0.1) is 0 Å². The molecular weight excluding hydrogens is 266 g/mol. The molecule has 8 heteroatoms. The SMILES string of the molecule is CCOC(=O)c1noc(C(F)(F)Br)n1. The molecule has 0 aliphatic heterocycles. The summed E-state index contributed by atoms with van der Waals surface area (Å²) in [4.78, 5) is 10.6. The first kappa shape index (κ1) is 11.0. The number of carbonyl (C=O) groups is 1. The Morgan fingerprint density at radius 2 is 2.36 bits per heavy atom. The van der Waals surface area contributed by atoms with E-state index in [1.165, 1.54) is 0 Å². The van der Waals surface area contributed by atoms with Crippen LogP contribution in [0.5, 0.6) is 0 Å². The summed E-state index contributed by atoms with van der Waals surface area (Å²) in [5.74, 6) is -2.42. The largest absolute Gasteiger partial charge is 0.460 e. The molecule has 1 aromatic heterocycles. The van der Waals surface area contributed by atoms with Crippen molar-refractivity contribution in [2.45, 2.75) is 11.8 Å². The van der Waals surface area contributed by atoms with Gasteiger partial charge in [0.05, 0.1) is 6.61 Å². The number of ether oxygens (including phenoxy) is 1. The molecule has 0 aliphatic rings. The zero-order valence-electron chi connectivity index (χ0n) is 6.96. The van der Waals surface area contributed by atoms with Gasteiger partial charge in [-0.05, 0) is 12.1 Å². The van der Waals surface area contributed by atoms with Crippen LogP contribution in [0.15, 0.2) is 4.52 Å². The fourth-order valence-electron chi connectivity index (χ4n) is 0.617. The van der Waals surface area contributed by atoms with Crippen molar-refractivity contribution >= 4 is 21.9 Å². The number of alkyl halides is 3. The standard InChI is InChI=1S/C6H5BrF2N2O3/c1-2-13-4(12)3-10-5(14-11-3)6(7,8)9/h2H2,1H3. The minimum atomic E-state index is -3.44. The van der Waals surface area contributed by atoms with Crippen molar-refractivity contribution in [1.82, 2.24) is 10.1 Å². The highest BCUT2D eigenvalue weighted by Gasteiger charge is 2.35. The fourth-order valence-corrected chi connectivity index (χ4v) is 0.778. The molecule has 78 valence electrons. The molecule has 0 unspecified atom stereocenters. The van der Waals surface area contributed by atoms with Crippen LogP contribution in [-0.4, -0.2) is 22.7 Å². The van der Waals surface area contributed by atoms with Crippen LogP contribution < -0.4 is 0 Å². The second-order valence-corrected chi connectivity index (χ2v) is 3.14. The Bertz CT molecular complexity index is 336. The van der Waals surface area contributed by atoms with Gasteiger partial charge in [0.15, 0.2) is 0 Å². The molecule has 0 saturated heterocycles. The lowest BCUT2D eigenvalue weighted by atomic mass is 10.6. The molecule has 0 aliphatic carbocycles. The minimum absolute atomic E-state index is 0.105. The molecule has 0 fully saturated rings. The van der Waals surface area contributed by atoms with E-state index in [9.17, 15) is 13.6 Å². The van der Waals surface area contributed by atoms with Crippen molar-refractivity contribution in [1.29, 1.82) is 0 Å². The average molecular weight is 271 g/mol. The number of rotatable bonds is 3. The van der Waals surface area contributed by atoms with E-state index in [1.54, 1.807) is 6.92 Å². The summed E-state index contributed by atoms with van der Waals surface area (Å²) in [5, 5.41) is 3.03. The van der Waals surface area contributed by atoms with E-state index in [1.807, 2.05) is 15.9 Å². The number of nitrogens with zero attached hydrogens (tertiary/aromatic N) is 2. The maximum Gasteiger partial charge on any atom is 0.379 e. The van der Waals surface area contributed by atoms with E-state index < -0.39 is 22.5 Å². The normalized spacial score (nSPS) is 11.4. The molecule has 1 aromatic rings. The summed E-state index contributed by atoms with van der Waals surface area (Å²) in [6.45, 7) is 1.67. The van der Waals surface area contributed by atoms with E-state index in [-0.39, 0.29) is 6.61 Å². The third kappa shape index (κ3) is 2.47. The molecule has 5 nitrogen and oxygen atoms in total. The van der Waals surface area contributed by atoms with Crippen molar-refractivity contribution in [3.63, 3.8) is 0 Å². The summed E-state index contributed by atoms with van der Waals surface area (Å²) < 4.78 is 33.6. The van der Waals surface area contributed by atoms with Gasteiger partial charge in [-0.3, -0.25) is 0 Å². The van der Waals surface area contributed by atoms with Crippen LogP contribution in [0.4, 0.5) is 8.78 Å². The topological polar surface area (TPSA) is 65.2 Å². The fraction of sp³-hybridized carbons (Fsp3) is 0.500. The van der Waals surface area contributed by atoms with Crippen LogP contribution in [0.1, 0.15) is 23.4 Å². The van der Waals surface area contributed by atoms with Gasteiger partial charge >= 0.3 is 16.7 Å².